The van der Waals surface area contributed by atoms with Crippen LogP contribution in [0.5, 0.6) is 0 Å². The summed E-state index contributed by atoms with van der Waals surface area (Å²) in [5.41, 5.74) is 2.61. The quantitative estimate of drug-likeness (QED) is 0.518. The zero-order valence-corrected chi connectivity index (χ0v) is 15.6. The highest BCUT2D eigenvalue weighted by atomic mass is 32.2. The number of nitrogens with one attached hydrogen (secondary N) is 1. The van der Waals surface area contributed by atoms with Gasteiger partial charge in [-0.05, 0) is 32.0 Å². The van der Waals surface area contributed by atoms with Gasteiger partial charge in [0.15, 0.2) is 4.90 Å². The number of aryl methyl sites for hydroxylation is 1. The molecule has 0 radical (unpaired) electrons. The van der Waals surface area contributed by atoms with Crippen LogP contribution in [0.15, 0.2) is 59.5 Å². The van der Waals surface area contributed by atoms with Crippen molar-refractivity contribution < 1.29 is 13.3 Å². The first-order chi connectivity index (χ1) is 12.8. The van der Waals surface area contributed by atoms with Gasteiger partial charge in [0.2, 0.25) is 10.0 Å². The molecular formula is C18H18N4O4S. The maximum Gasteiger partial charge on any atom is 0.289 e. The van der Waals surface area contributed by atoms with Crippen molar-refractivity contribution in [2.45, 2.75) is 25.3 Å². The van der Waals surface area contributed by atoms with Crippen molar-refractivity contribution in [3.05, 3.63) is 81.7 Å². The molecule has 0 aliphatic rings. The second-order valence-electron chi connectivity index (χ2n) is 5.95. The molecule has 0 aliphatic carbocycles. The average Bonchev–Trinajstić information content (AvgIpc) is 2.94. The van der Waals surface area contributed by atoms with Gasteiger partial charge in [-0.1, -0.05) is 30.3 Å². The standard InChI is InChI=1S/C18H18N4O4S/c1-13-16(14(2)21(20-13)15-8-4-3-5-9-15)12-19-27(25,26)18-11-7-6-10-17(18)22(23)24/h3-11,19H,12H2,1-2H3. The maximum absolute atomic E-state index is 12.6. The van der Waals surface area contributed by atoms with Crippen LogP contribution >= 0.6 is 0 Å². The monoisotopic (exact) mass is 386 g/mol. The van der Waals surface area contributed by atoms with E-state index in [0.717, 1.165) is 16.9 Å². The summed E-state index contributed by atoms with van der Waals surface area (Å²) in [6.07, 6.45) is 0. The summed E-state index contributed by atoms with van der Waals surface area (Å²) in [4.78, 5) is 10.0. The van der Waals surface area contributed by atoms with E-state index in [-0.39, 0.29) is 11.4 Å². The Bertz CT molecular complexity index is 1090. The minimum Gasteiger partial charge on any atom is -0.258 e. The van der Waals surface area contributed by atoms with Crippen molar-refractivity contribution in [1.29, 1.82) is 0 Å². The summed E-state index contributed by atoms with van der Waals surface area (Å²) < 4.78 is 29.4. The Balaban J connectivity index is 1.90. The Labute approximate surface area is 156 Å². The minimum absolute atomic E-state index is 0.0150. The molecule has 1 aromatic heterocycles. The Morgan fingerprint density at radius 2 is 1.70 bits per heavy atom. The normalized spacial score (nSPS) is 11.5. The lowest BCUT2D eigenvalue weighted by molar-refractivity contribution is -0.387. The van der Waals surface area contributed by atoms with Crippen LogP contribution in [-0.4, -0.2) is 23.1 Å². The molecule has 27 heavy (non-hydrogen) atoms. The first-order valence-electron chi connectivity index (χ1n) is 8.15. The second kappa shape index (κ2) is 7.29. The number of hydrogen-bond acceptors (Lipinski definition) is 5. The van der Waals surface area contributed by atoms with Gasteiger partial charge in [0, 0.05) is 23.9 Å². The van der Waals surface area contributed by atoms with Gasteiger partial charge in [-0.2, -0.15) is 5.10 Å². The third-order valence-corrected chi connectivity index (χ3v) is 5.68. The molecule has 0 saturated heterocycles. The summed E-state index contributed by atoms with van der Waals surface area (Å²) in [5, 5.41) is 15.6. The second-order valence-corrected chi connectivity index (χ2v) is 7.68. The van der Waals surface area contributed by atoms with E-state index in [2.05, 4.69) is 9.82 Å². The molecule has 0 aliphatic heterocycles. The van der Waals surface area contributed by atoms with Crippen LogP contribution in [0.1, 0.15) is 17.0 Å². The lowest BCUT2D eigenvalue weighted by Gasteiger charge is -2.08. The van der Waals surface area contributed by atoms with Gasteiger partial charge >= 0.3 is 0 Å². The summed E-state index contributed by atoms with van der Waals surface area (Å²) in [5.74, 6) is 0. The lowest BCUT2D eigenvalue weighted by atomic mass is 10.2. The fraction of sp³-hybridized carbons (Fsp3) is 0.167. The van der Waals surface area contributed by atoms with Crippen molar-refractivity contribution in [3.8, 4) is 5.69 Å². The maximum atomic E-state index is 12.6. The van der Waals surface area contributed by atoms with Crippen LogP contribution in [0, 0.1) is 24.0 Å². The van der Waals surface area contributed by atoms with Gasteiger partial charge in [0.1, 0.15) is 0 Å². The van der Waals surface area contributed by atoms with Crippen LogP contribution < -0.4 is 4.72 Å². The third kappa shape index (κ3) is 3.74. The van der Waals surface area contributed by atoms with Crippen molar-refractivity contribution in [3.63, 3.8) is 0 Å². The summed E-state index contributed by atoms with van der Waals surface area (Å²) in [7, 11) is -4.05. The number of rotatable bonds is 6. The van der Waals surface area contributed by atoms with Gasteiger partial charge in [-0.25, -0.2) is 17.8 Å². The van der Waals surface area contributed by atoms with Gasteiger partial charge in [0.25, 0.3) is 5.69 Å². The van der Waals surface area contributed by atoms with Gasteiger partial charge in [-0.3, -0.25) is 10.1 Å². The summed E-state index contributed by atoms with van der Waals surface area (Å²) in [6, 6.07) is 14.7. The molecule has 0 unspecified atom stereocenters. The SMILES string of the molecule is Cc1nn(-c2ccccc2)c(C)c1CNS(=O)(=O)c1ccccc1[N+](=O)[O-]. The predicted molar refractivity (Wildman–Crippen MR) is 100 cm³/mol. The van der Waals surface area contributed by atoms with E-state index in [1.165, 1.54) is 24.3 Å². The highest BCUT2D eigenvalue weighted by molar-refractivity contribution is 7.89. The molecule has 3 aromatic rings. The van der Waals surface area contributed by atoms with Gasteiger partial charge in [-0.15, -0.1) is 0 Å². The zero-order chi connectivity index (χ0) is 19.6. The fourth-order valence-corrected chi connectivity index (χ4v) is 4.00. The molecule has 1 N–H and O–H groups in total. The largest absolute Gasteiger partial charge is 0.289 e. The molecule has 9 heteroatoms. The molecule has 0 fully saturated rings. The van der Waals surface area contributed by atoms with Crippen molar-refractivity contribution in [2.75, 3.05) is 0 Å². The smallest absolute Gasteiger partial charge is 0.258 e. The van der Waals surface area contributed by atoms with E-state index >= 15 is 0 Å². The predicted octanol–water partition coefficient (Wildman–Crippen LogP) is 2.88. The first kappa shape index (κ1) is 18.7. The molecule has 2 aromatic carbocycles. The number of nitrogens with zero attached hydrogens (tertiary/aromatic N) is 3. The number of sulfonamides is 1. The lowest BCUT2D eigenvalue weighted by Crippen LogP contribution is -2.24. The van der Waals surface area contributed by atoms with Crippen LogP contribution in [0.2, 0.25) is 0 Å². The average molecular weight is 386 g/mol. The molecule has 1 heterocycles. The van der Waals surface area contributed by atoms with Gasteiger partial charge < -0.3 is 0 Å². The Kier molecular flexibility index (Phi) is 5.06. The Morgan fingerprint density at radius 3 is 2.37 bits per heavy atom. The van der Waals surface area contributed by atoms with Crippen molar-refractivity contribution in [2.24, 2.45) is 0 Å². The molecule has 140 valence electrons. The molecule has 8 nitrogen and oxygen atoms in total. The molecular weight excluding hydrogens is 368 g/mol. The number of para-hydroxylation sites is 2. The molecule has 0 spiro atoms. The van der Waals surface area contributed by atoms with E-state index in [4.69, 9.17) is 0 Å². The highest BCUT2D eigenvalue weighted by Crippen LogP contribution is 2.24. The summed E-state index contributed by atoms with van der Waals surface area (Å²) >= 11 is 0. The van der Waals surface area contributed by atoms with E-state index in [9.17, 15) is 18.5 Å². The van der Waals surface area contributed by atoms with Crippen molar-refractivity contribution >= 4 is 15.7 Å². The zero-order valence-electron chi connectivity index (χ0n) is 14.8. The third-order valence-electron chi connectivity index (χ3n) is 4.23. The number of nitro groups is 1. The summed E-state index contributed by atoms with van der Waals surface area (Å²) in [6.45, 7) is 3.63. The molecule has 0 amide bonds. The fourth-order valence-electron chi connectivity index (χ4n) is 2.83. The number of aromatic nitrogens is 2. The van der Waals surface area contributed by atoms with Gasteiger partial charge in [0.05, 0.1) is 16.3 Å². The van der Waals surface area contributed by atoms with Crippen LogP contribution in [-0.2, 0) is 16.6 Å². The molecule has 3 rings (SSSR count). The highest BCUT2D eigenvalue weighted by Gasteiger charge is 2.25. The number of benzene rings is 2. The van der Waals surface area contributed by atoms with Crippen molar-refractivity contribution in [1.82, 2.24) is 14.5 Å². The van der Waals surface area contributed by atoms with E-state index in [1.54, 1.807) is 11.6 Å². The van der Waals surface area contributed by atoms with Crippen LogP contribution in [0.25, 0.3) is 5.69 Å². The van der Waals surface area contributed by atoms with Crippen LogP contribution in [0.4, 0.5) is 5.69 Å². The topological polar surface area (TPSA) is 107 Å². The Morgan fingerprint density at radius 1 is 1.07 bits per heavy atom. The van der Waals surface area contributed by atoms with E-state index < -0.39 is 20.6 Å². The minimum atomic E-state index is -4.05. The first-order valence-corrected chi connectivity index (χ1v) is 9.63. The molecule has 0 saturated carbocycles. The number of nitro benzene ring substituents is 1. The van der Waals surface area contributed by atoms with Crippen LogP contribution in [0.3, 0.4) is 0 Å². The van der Waals surface area contributed by atoms with E-state index in [1.807, 2.05) is 37.3 Å². The number of hydrogen-bond donors (Lipinski definition) is 1. The van der Waals surface area contributed by atoms with E-state index in [0.29, 0.717) is 5.69 Å². The molecule has 0 atom stereocenters. The molecule has 0 bridgehead atoms. The Hall–Kier alpha value is -3.04.